The SMILES string of the molecule is Nc1cc(Cl)cc(-c2nnnn2CC(C2CC2)C2CC2)c1. The average Bonchev–Trinajstić information content (AvgIpc) is 3.34. The molecule has 2 fully saturated rings. The highest BCUT2D eigenvalue weighted by Crippen LogP contribution is 2.50. The smallest absolute Gasteiger partial charge is 0.182 e. The third-order valence-electron chi connectivity index (χ3n) is 4.55. The van der Waals surface area contributed by atoms with Crippen LogP contribution in [0.4, 0.5) is 5.69 Å². The van der Waals surface area contributed by atoms with Crippen molar-refractivity contribution in [3.05, 3.63) is 23.2 Å². The first-order valence-electron chi connectivity index (χ1n) is 7.53. The van der Waals surface area contributed by atoms with Crippen molar-refractivity contribution in [1.82, 2.24) is 20.2 Å². The van der Waals surface area contributed by atoms with Crippen molar-refractivity contribution >= 4 is 17.3 Å². The summed E-state index contributed by atoms with van der Waals surface area (Å²) in [6.45, 7) is 0.907. The van der Waals surface area contributed by atoms with Crippen molar-refractivity contribution in [2.45, 2.75) is 32.2 Å². The maximum Gasteiger partial charge on any atom is 0.182 e. The minimum Gasteiger partial charge on any atom is -0.399 e. The summed E-state index contributed by atoms with van der Waals surface area (Å²) in [5, 5.41) is 12.8. The summed E-state index contributed by atoms with van der Waals surface area (Å²) in [4.78, 5) is 0. The van der Waals surface area contributed by atoms with Gasteiger partial charge in [-0.2, -0.15) is 0 Å². The molecular weight excluding hydrogens is 286 g/mol. The number of tetrazole rings is 1. The Labute approximate surface area is 128 Å². The largest absolute Gasteiger partial charge is 0.399 e. The molecule has 1 aromatic carbocycles. The molecule has 21 heavy (non-hydrogen) atoms. The molecule has 110 valence electrons. The van der Waals surface area contributed by atoms with E-state index in [4.69, 9.17) is 17.3 Å². The van der Waals surface area contributed by atoms with E-state index in [0.29, 0.717) is 10.7 Å². The minimum absolute atomic E-state index is 0.612. The van der Waals surface area contributed by atoms with Crippen molar-refractivity contribution in [3.8, 4) is 11.4 Å². The Morgan fingerprint density at radius 2 is 1.90 bits per heavy atom. The van der Waals surface area contributed by atoms with E-state index in [2.05, 4.69) is 15.5 Å². The average molecular weight is 304 g/mol. The summed E-state index contributed by atoms with van der Waals surface area (Å²) < 4.78 is 1.92. The molecule has 2 saturated carbocycles. The monoisotopic (exact) mass is 303 g/mol. The van der Waals surface area contributed by atoms with Gasteiger partial charge in [0.1, 0.15) is 0 Å². The van der Waals surface area contributed by atoms with E-state index < -0.39 is 0 Å². The van der Waals surface area contributed by atoms with E-state index in [1.165, 1.54) is 25.7 Å². The molecule has 1 aromatic heterocycles. The molecule has 0 atom stereocenters. The number of rotatable bonds is 5. The van der Waals surface area contributed by atoms with Crippen LogP contribution in [0.2, 0.25) is 5.02 Å². The summed E-state index contributed by atoms with van der Waals surface area (Å²) in [5.74, 6) is 3.23. The number of benzene rings is 1. The van der Waals surface area contributed by atoms with Crippen molar-refractivity contribution in [2.24, 2.45) is 17.8 Å². The molecule has 0 bridgehead atoms. The second-order valence-corrected chi connectivity index (χ2v) is 6.73. The van der Waals surface area contributed by atoms with Crippen molar-refractivity contribution in [1.29, 1.82) is 0 Å². The third kappa shape index (κ3) is 2.75. The van der Waals surface area contributed by atoms with Gasteiger partial charge < -0.3 is 5.73 Å². The molecule has 1 heterocycles. The van der Waals surface area contributed by atoms with Gasteiger partial charge in [-0.1, -0.05) is 11.6 Å². The third-order valence-corrected chi connectivity index (χ3v) is 4.77. The van der Waals surface area contributed by atoms with Crippen LogP contribution in [0, 0.1) is 17.8 Å². The van der Waals surface area contributed by atoms with Crippen molar-refractivity contribution in [2.75, 3.05) is 5.73 Å². The van der Waals surface area contributed by atoms with Gasteiger partial charge in [0.15, 0.2) is 5.82 Å². The standard InChI is InChI=1S/C15H18ClN5/c16-12-5-11(6-13(17)7-12)15-18-19-20-21(15)8-14(9-1-2-9)10-3-4-10/h5-7,9-10,14H,1-4,8,17H2. The Morgan fingerprint density at radius 1 is 1.19 bits per heavy atom. The van der Waals surface area contributed by atoms with Gasteiger partial charge in [-0.05, 0) is 72.1 Å². The molecule has 2 N–H and O–H groups in total. The Hall–Kier alpha value is -1.62. The maximum atomic E-state index is 6.09. The highest BCUT2D eigenvalue weighted by molar-refractivity contribution is 6.31. The second-order valence-electron chi connectivity index (χ2n) is 6.30. The molecule has 0 amide bonds. The fourth-order valence-corrected chi connectivity index (χ4v) is 3.45. The van der Waals surface area contributed by atoms with Crippen LogP contribution in [0.1, 0.15) is 25.7 Å². The lowest BCUT2D eigenvalue weighted by molar-refractivity contribution is 0.331. The lowest BCUT2D eigenvalue weighted by atomic mass is 9.98. The van der Waals surface area contributed by atoms with Crippen molar-refractivity contribution < 1.29 is 0 Å². The number of halogens is 1. The number of nitrogens with two attached hydrogens (primary N) is 1. The second kappa shape index (κ2) is 4.98. The molecule has 6 heteroatoms. The number of hydrogen-bond donors (Lipinski definition) is 1. The molecule has 0 spiro atoms. The Morgan fingerprint density at radius 3 is 2.52 bits per heavy atom. The van der Waals surface area contributed by atoms with Gasteiger partial charge in [0, 0.05) is 22.8 Å². The van der Waals surface area contributed by atoms with E-state index in [0.717, 1.165) is 35.7 Å². The van der Waals surface area contributed by atoms with Crippen LogP contribution < -0.4 is 5.73 Å². The van der Waals surface area contributed by atoms with Gasteiger partial charge >= 0.3 is 0 Å². The van der Waals surface area contributed by atoms with E-state index in [1.54, 1.807) is 6.07 Å². The zero-order valence-corrected chi connectivity index (χ0v) is 12.5. The molecule has 4 rings (SSSR count). The van der Waals surface area contributed by atoms with Crippen LogP contribution >= 0.6 is 11.6 Å². The Kier molecular flexibility index (Phi) is 3.10. The van der Waals surface area contributed by atoms with Crippen LogP contribution in [0.15, 0.2) is 18.2 Å². The lowest BCUT2D eigenvalue weighted by Gasteiger charge is -2.16. The van der Waals surface area contributed by atoms with Crippen LogP contribution in [0.3, 0.4) is 0 Å². The zero-order chi connectivity index (χ0) is 14.4. The van der Waals surface area contributed by atoms with E-state index in [9.17, 15) is 0 Å². The Bertz CT molecular complexity index is 628. The van der Waals surface area contributed by atoms with E-state index >= 15 is 0 Å². The van der Waals surface area contributed by atoms with Gasteiger partial charge in [-0.15, -0.1) is 5.10 Å². The first kappa shape index (κ1) is 13.1. The van der Waals surface area contributed by atoms with Gasteiger partial charge in [0.25, 0.3) is 0 Å². The quantitative estimate of drug-likeness (QED) is 0.862. The van der Waals surface area contributed by atoms with Crippen LogP contribution in [-0.4, -0.2) is 20.2 Å². The molecule has 2 aliphatic rings. The highest BCUT2D eigenvalue weighted by Gasteiger charge is 2.41. The Balaban J connectivity index is 1.63. The molecule has 2 aromatic rings. The number of hydrogen-bond acceptors (Lipinski definition) is 4. The highest BCUT2D eigenvalue weighted by atomic mass is 35.5. The van der Waals surface area contributed by atoms with Gasteiger partial charge in [-0.3, -0.25) is 0 Å². The predicted molar refractivity (Wildman–Crippen MR) is 81.6 cm³/mol. The maximum absolute atomic E-state index is 6.09. The molecule has 5 nitrogen and oxygen atoms in total. The summed E-state index contributed by atoms with van der Waals surface area (Å²) in [7, 11) is 0. The number of nitrogens with zero attached hydrogens (tertiary/aromatic N) is 4. The topological polar surface area (TPSA) is 69.6 Å². The summed E-state index contributed by atoms with van der Waals surface area (Å²) in [6.07, 6.45) is 5.46. The molecule has 0 radical (unpaired) electrons. The fourth-order valence-electron chi connectivity index (χ4n) is 3.21. The lowest BCUT2D eigenvalue weighted by Crippen LogP contribution is -2.17. The molecule has 2 aliphatic carbocycles. The zero-order valence-electron chi connectivity index (χ0n) is 11.7. The number of aromatic nitrogens is 4. The number of nitrogen functional groups attached to an aromatic ring is 1. The normalized spacial score (nSPS) is 18.4. The van der Waals surface area contributed by atoms with Gasteiger partial charge in [-0.25, -0.2) is 4.68 Å². The van der Waals surface area contributed by atoms with E-state index in [1.807, 2.05) is 16.8 Å². The first-order chi connectivity index (χ1) is 10.2. The summed E-state index contributed by atoms with van der Waals surface area (Å²) in [6, 6.07) is 5.47. The molecule has 0 aliphatic heterocycles. The first-order valence-corrected chi connectivity index (χ1v) is 7.91. The van der Waals surface area contributed by atoms with Crippen molar-refractivity contribution in [3.63, 3.8) is 0 Å². The predicted octanol–water partition coefficient (Wildman–Crippen LogP) is 3.01. The molecule has 0 saturated heterocycles. The molecular formula is C15H18ClN5. The fraction of sp³-hybridized carbons (Fsp3) is 0.533. The van der Waals surface area contributed by atoms with E-state index in [-0.39, 0.29) is 0 Å². The number of anilines is 1. The summed E-state index contributed by atoms with van der Waals surface area (Å²) in [5.41, 5.74) is 7.39. The van der Waals surface area contributed by atoms with Gasteiger partial charge in [0.05, 0.1) is 0 Å². The minimum atomic E-state index is 0.612. The van der Waals surface area contributed by atoms with Crippen LogP contribution in [0.25, 0.3) is 11.4 Å². The van der Waals surface area contributed by atoms with Crippen LogP contribution in [0.5, 0.6) is 0 Å². The van der Waals surface area contributed by atoms with Crippen LogP contribution in [-0.2, 0) is 6.54 Å². The summed E-state index contributed by atoms with van der Waals surface area (Å²) >= 11 is 6.09. The van der Waals surface area contributed by atoms with Gasteiger partial charge in [0.2, 0.25) is 0 Å². The molecule has 0 unspecified atom stereocenters.